The monoisotopic (exact) mass is 496 g/mol. The summed E-state index contributed by atoms with van der Waals surface area (Å²) in [6.45, 7) is 6.37. The number of aromatic nitrogens is 4. The summed E-state index contributed by atoms with van der Waals surface area (Å²) in [6, 6.07) is 4.35. The molecular weight excluding hydrogens is 469 g/mol. The molecule has 1 aliphatic heterocycles. The standard InChI is InChI=1S/C20H21F3N6O2.C2H4O.H2O/c1-5-28-9-8-15(30)29(28)14-7-6-11(2)16(25-14)18-24-12-10-13(20(21,22)23)26(3)19(31)17(12)27(18)4;1-2-3;/h6-7,10H,5,8-9H2,1-4H3;2H,1H3;1H2. The lowest BCUT2D eigenvalue weighted by atomic mass is 10.2. The quantitative estimate of drug-likeness (QED) is 0.511. The number of nitrogens with zero attached hydrogens (tertiary/aromatic N) is 6. The summed E-state index contributed by atoms with van der Waals surface area (Å²) >= 11 is 0. The molecule has 3 aromatic rings. The summed E-state index contributed by atoms with van der Waals surface area (Å²) < 4.78 is 42.0. The number of halogens is 3. The average molecular weight is 496 g/mol. The molecular formula is C22H27F3N6O4. The van der Waals surface area contributed by atoms with Gasteiger partial charge in [0, 0.05) is 33.6 Å². The molecule has 0 atom stereocenters. The van der Waals surface area contributed by atoms with Crippen molar-refractivity contribution in [3.8, 4) is 11.5 Å². The molecule has 2 N–H and O–H groups in total. The molecule has 35 heavy (non-hydrogen) atoms. The Morgan fingerprint density at radius 1 is 1.11 bits per heavy atom. The van der Waals surface area contributed by atoms with Crippen molar-refractivity contribution >= 4 is 29.0 Å². The first-order chi connectivity index (χ1) is 16.0. The van der Waals surface area contributed by atoms with Crippen molar-refractivity contribution in [1.82, 2.24) is 24.1 Å². The second kappa shape index (κ2) is 10.4. The summed E-state index contributed by atoms with van der Waals surface area (Å²) in [6.07, 6.45) is -3.56. The highest BCUT2D eigenvalue weighted by atomic mass is 19.4. The van der Waals surface area contributed by atoms with Crippen LogP contribution in [0, 0.1) is 6.92 Å². The Hall–Kier alpha value is -3.58. The summed E-state index contributed by atoms with van der Waals surface area (Å²) in [5.41, 5.74) is -0.787. The van der Waals surface area contributed by atoms with Crippen molar-refractivity contribution in [3.63, 3.8) is 0 Å². The van der Waals surface area contributed by atoms with Crippen LogP contribution in [0.3, 0.4) is 0 Å². The van der Waals surface area contributed by atoms with Gasteiger partial charge in [-0.25, -0.2) is 20.0 Å². The number of alkyl halides is 3. The maximum Gasteiger partial charge on any atom is 0.431 e. The molecule has 0 unspecified atom stereocenters. The molecule has 0 radical (unpaired) electrons. The number of amides is 1. The predicted octanol–water partition coefficient (Wildman–Crippen LogP) is 2.02. The lowest BCUT2D eigenvalue weighted by Crippen LogP contribution is -2.39. The Labute approximate surface area is 198 Å². The van der Waals surface area contributed by atoms with E-state index in [1.54, 1.807) is 26.1 Å². The van der Waals surface area contributed by atoms with Crippen LogP contribution in [0.25, 0.3) is 22.6 Å². The molecule has 0 aromatic carbocycles. The zero-order chi connectivity index (χ0) is 25.4. The van der Waals surface area contributed by atoms with E-state index in [0.717, 1.165) is 19.4 Å². The van der Waals surface area contributed by atoms with Gasteiger partial charge in [0.1, 0.15) is 23.2 Å². The third kappa shape index (κ3) is 4.95. The van der Waals surface area contributed by atoms with Crippen LogP contribution >= 0.6 is 0 Å². The van der Waals surface area contributed by atoms with Crippen LogP contribution in [0.1, 0.15) is 31.5 Å². The number of aldehydes is 1. The molecule has 1 saturated heterocycles. The zero-order valence-electron chi connectivity index (χ0n) is 20.0. The number of fused-ring (bicyclic) bond motifs is 1. The van der Waals surface area contributed by atoms with E-state index in [1.807, 2.05) is 11.9 Å². The number of anilines is 1. The minimum Gasteiger partial charge on any atom is -0.412 e. The van der Waals surface area contributed by atoms with Gasteiger partial charge in [0.25, 0.3) is 5.56 Å². The van der Waals surface area contributed by atoms with Crippen LogP contribution < -0.4 is 10.6 Å². The zero-order valence-corrected chi connectivity index (χ0v) is 20.0. The third-order valence-corrected chi connectivity index (χ3v) is 5.53. The van der Waals surface area contributed by atoms with E-state index in [4.69, 9.17) is 4.79 Å². The van der Waals surface area contributed by atoms with Crippen molar-refractivity contribution < 1.29 is 28.2 Å². The van der Waals surface area contributed by atoms with Crippen LogP contribution in [0.2, 0.25) is 0 Å². The minimum absolute atomic E-state index is 0. The van der Waals surface area contributed by atoms with Crippen LogP contribution in [0.5, 0.6) is 0 Å². The van der Waals surface area contributed by atoms with E-state index in [1.165, 1.54) is 16.5 Å². The van der Waals surface area contributed by atoms with Crippen molar-refractivity contribution in [2.75, 3.05) is 18.1 Å². The Morgan fingerprint density at radius 3 is 2.31 bits per heavy atom. The number of pyridine rings is 2. The van der Waals surface area contributed by atoms with E-state index in [9.17, 15) is 22.8 Å². The molecule has 0 spiro atoms. The van der Waals surface area contributed by atoms with Gasteiger partial charge in [0.15, 0.2) is 11.6 Å². The molecule has 4 heterocycles. The van der Waals surface area contributed by atoms with Crippen molar-refractivity contribution in [3.05, 3.63) is 39.8 Å². The highest BCUT2D eigenvalue weighted by Gasteiger charge is 2.35. The number of hydrogen-bond acceptors (Lipinski definition) is 6. The summed E-state index contributed by atoms with van der Waals surface area (Å²) in [4.78, 5) is 42.8. The van der Waals surface area contributed by atoms with E-state index in [0.29, 0.717) is 41.2 Å². The maximum atomic E-state index is 13.3. The average Bonchev–Trinajstić information content (AvgIpc) is 3.30. The summed E-state index contributed by atoms with van der Waals surface area (Å²) in [7, 11) is 2.65. The topological polar surface area (TPSA) is 125 Å². The highest BCUT2D eigenvalue weighted by molar-refractivity contribution is 5.93. The van der Waals surface area contributed by atoms with Crippen LogP contribution in [0.15, 0.2) is 23.0 Å². The number of imidazole rings is 1. The van der Waals surface area contributed by atoms with E-state index >= 15 is 0 Å². The smallest absolute Gasteiger partial charge is 0.412 e. The van der Waals surface area contributed by atoms with Crippen molar-refractivity contribution in [1.29, 1.82) is 0 Å². The normalized spacial score (nSPS) is 14.1. The van der Waals surface area contributed by atoms with Gasteiger partial charge in [0.05, 0.1) is 5.52 Å². The molecule has 1 fully saturated rings. The molecule has 4 rings (SSSR count). The first-order valence-corrected chi connectivity index (χ1v) is 10.5. The van der Waals surface area contributed by atoms with Crippen molar-refractivity contribution in [2.45, 2.75) is 33.4 Å². The fourth-order valence-corrected chi connectivity index (χ4v) is 3.88. The number of hydrazine groups is 1. The molecule has 190 valence electrons. The molecule has 0 aliphatic carbocycles. The van der Waals surface area contributed by atoms with E-state index in [-0.39, 0.29) is 28.2 Å². The van der Waals surface area contributed by atoms with E-state index in [2.05, 4.69) is 9.97 Å². The Bertz CT molecular complexity index is 1320. The first kappa shape index (κ1) is 27.7. The van der Waals surface area contributed by atoms with Gasteiger partial charge in [-0.05, 0) is 31.5 Å². The van der Waals surface area contributed by atoms with Crippen LogP contribution in [-0.2, 0) is 29.9 Å². The highest BCUT2D eigenvalue weighted by Crippen LogP contribution is 2.32. The fourth-order valence-electron chi connectivity index (χ4n) is 3.88. The predicted molar refractivity (Wildman–Crippen MR) is 124 cm³/mol. The van der Waals surface area contributed by atoms with Gasteiger partial charge in [-0.15, -0.1) is 0 Å². The van der Waals surface area contributed by atoms with E-state index < -0.39 is 17.4 Å². The fraction of sp³-hybridized carbons (Fsp3) is 0.409. The molecule has 3 aromatic heterocycles. The lowest BCUT2D eigenvalue weighted by Gasteiger charge is -2.26. The molecule has 1 amide bonds. The van der Waals surface area contributed by atoms with Crippen molar-refractivity contribution in [2.24, 2.45) is 14.1 Å². The SMILES string of the molecule is CC=O.CCN1CCC(=O)N1c1ccc(C)c(-c2nc3cc(C(F)(F)F)n(C)c(=O)c3n2C)n1.O. The number of carbonyl (C=O) groups excluding carboxylic acids is 2. The molecule has 10 nitrogen and oxygen atoms in total. The van der Waals surface area contributed by atoms with Gasteiger partial charge in [-0.2, -0.15) is 13.2 Å². The Kier molecular flexibility index (Phi) is 8.19. The van der Waals surface area contributed by atoms with Gasteiger partial charge < -0.3 is 19.4 Å². The number of hydrogen-bond donors (Lipinski definition) is 0. The second-order valence-electron chi connectivity index (χ2n) is 7.69. The molecule has 0 saturated carbocycles. The Balaban J connectivity index is 0.00000103. The summed E-state index contributed by atoms with van der Waals surface area (Å²) in [5, 5.41) is 3.37. The lowest BCUT2D eigenvalue weighted by molar-refractivity contribution is -0.143. The molecule has 13 heteroatoms. The third-order valence-electron chi connectivity index (χ3n) is 5.53. The van der Waals surface area contributed by atoms with Crippen LogP contribution in [-0.4, -0.2) is 54.9 Å². The maximum absolute atomic E-state index is 13.3. The first-order valence-electron chi connectivity index (χ1n) is 10.5. The second-order valence-corrected chi connectivity index (χ2v) is 7.69. The molecule has 0 bridgehead atoms. The number of carbonyl (C=O) groups is 2. The van der Waals surface area contributed by atoms with Gasteiger partial charge >= 0.3 is 6.18 Å². The minimum atomic E-state index is -4.69. The largest absolute Gasteiger partial charge is 0.431 e. The Morgan fingerprint density at radius 2 is 1.74 bits per heavy atom. The van der Waals surface area contributed by atoms with Gasteiger partial charge in [0.2, 0.25) is 5.91 Å². The summed E-state index contributed by atoms with van der Waals surface area (Å²) in [5.74, 6) is 0.569. The van der Waals surface area contributed by atoms with Gasteiger partial charge in [-0.1, -0.05) is 13.0 Å². The molecule has 1 aliphatic rings. The number of rotatable bonds is 3. The van der Waals surface area contributed by atoms with Crippen LogP contribution in [0.4, 0.5) is 19.0 Å². The number of aryl methyl sites for hydroxylation is 2. The van der Waals surface area contributed by atoms with Gasteiger partial charge in [-0.3, -0.25) is 9.59 Å².